The number of rotatable bonds is 0. The van der Waals surface area contributed by atoms with Crippen molar-refractivity contribution in [3.63, 3.8) is 0 Å². The first-order valence-corrected chi connectivity index (χ1v) is 4.22. The molecule has 0 fully saturated rings. The number of hydrogen-bond donors (Lipinski definition) is 2. The Morgan fingerprint density at radius 1 is 1.50 bits per heavy atom. The van der Waals surface area contributed by atoms with Crippen LogP contribution in [0.2, 0.25) is 0 Å². The van der Waals surface area contributed by atoms with Gasteiger partial charge in [-0.2, -0.15) is 0 Å². The van der Waals surface area contributed by atoms with Crippen LogP contribution in [0.15, 0.2) is 29.3 Å². The monoisotopic (exact) mass is 192 g/mol. The number of carboxylic acid groups (broad SMARTS) is 1. The quantitative estimate of drug-likeness (QED) is 0.658. The highest BCUT2D eigenvalue weighted by Crippen LogP contribution is 2.17. The fraction of sp³-hybridized carbons (Fsp3) is 0.200. The van der Waals surface area contributed by atoms with Crippen molar-refractivity contribution < 1.29 is 9.90 Å². The zero-order chi connectivity index (χ0) is 10.4. The van der Waals surface area contributed by atoms with E-state index in [0.29, 0.717) is 0 Å². The molecule has 1 aromatic carbocycles. The first kappa shape index (κ1) is 10.2. The van der Waals surface area contributed by atoms with E-state index in [-0.39, 0.29) is 0 Å². The van der Waals surface area contributed by atoms with E-state index in [1.54, 1.807) is 6.34 Å². The Morgan fingerprint density at radius 2 is 2.14 bits per heavy atom. The average molecular weight is 192 g/mol. The van der Waals surface area contributed by atoms with Crippen LogP contribution in [0.25, 0.3) is 0 Å². The molecule has 0 aromatic heterocycles. The minimum absolute atomic E-state index is 0.809. The number of fused-ring (bicyclic) bond motifs is 1. The van der Waals surface area contributed by atoms with Gasteiger partial charge in [-0.1, -0.05) is 18.2 Å². The maximum atomic E-state index is 9.00. The van der Waals surface area contributed by atoms with E-state index in [9.17, 15) is 0 Å². The third-order valence-electron chi connectivity index (χ3n) is 1.59. The minimum Gasteiger partial charge on any atom is -0.481 e. The lowest BCUT2D eigenvalue weighted by atomic mass is 10.1. The van der Waals surface area contributed by atoms with Crippen molar-refractivity contribution in [1.29, 1.82) is 0 Å². The Balaban J connectivity index is 0.000000213. The van der Waals surface area contributed by atoms with E-state index in [4.69, 9.17) is 9.90 Å². The first-order valence-electron chi connectivity index (χ1n) is 4.22. The molecule has 0 atom stereocenters. The number of para-hydroxylation sites is 1. The number of benzene rings is 1. The fourth-order valence-corrected chi connectivity index (χ4v) is 1.06. The fourth-order valence-electron chi connectivity index (χ4n) is 1.06. The van der Waals surface area contributed by atoms with Gasteiger partial charge in [0.15, 0.2) is 0 Å². The van der Waals surface area contributed by atoms with Crippen molar-refractivity contribution in [2.24, 2.45) is 4.99 Å². The average Bonchev–Trinajstić information content (AvgIpc) is 2.17. The largest absolute Gasteiger partial charge is 0.481 e. The zero-order valence-corrected chi connectivity index (χ0v) is 7.90. The van der Waals surface area contributed by atoms with Crippen molar-refractivity contribution >= 4 is 18.0 Å². The number of hydrogen-bond acceptors (Lipinski definition) is 3. The normalized spacial score (nSPS) is 11.8. The van der Waals surface area contributed by atoms with Crippen LogP contribution in [0.4, 0.5) is 5.69 Å². The van der Waals surface area contributed by atoms with Gasteiger partial charge in [-0.25, -0.2) is 0 Å². The van der Waals surface area contributed by atoms with E-state index >= 15 is 0 Å². The second-order valence-corrected chi connectivity index (χ2v) is 2.79. The van der Waals surface area contributed by atoms with Crippen LogP contribution < -0.4 is 5.32 Å². The molecular formula is C10H12N2O2. The summed E-state index contributed by atoms with van der Waals surface area (Å²) < 4.78 is 0. The molecule has 14 heavy (non-hydrogen) atoms. The van der Waals surface area contributed by atoms with Crippen molar-refractivity contribution in [2.75, 3.05) is 5.32 Å². The summed E-state index contributed by atoms with van der Waals surface area (Å²) in [5.41, 5.74) is 2.45. The highest BCUT2D eigenvalue weighted by atomic mass is 16.4. The highest BCUT2D eigenvalue weighted by molar-refractivity contribution is 5.79. The molecule has 4 heteroatoms. The van der Waals surface area contributed by atoms with E-state index in [1.165, 1.54) is 11.3 Å². The molecule has 0 saturated heterocycles. The Morgan fingerprint density at radius 3 is 2.79 bits per heavy atom. The number of carbonyl (C=O) groups is 1. The van der Waals surface area contributed by atoms with Crippen LogP contribution in [-0.2, 0) is 11.3 Å². The summed E-state index contributed by atoms with van der Waals surface area (Å²) in [6.07, 6.45) is 1.74. The maximum Gasteiger partial charge on any atom is 0.300 e. The lowest BCUT2D eigenvalue weighted by Crippen LogP contribution is -2.03. The van der Waals surface area contributed by atoms with Crippen molar-refractivity contribution in [3.05, 3.63) is 29.8 Å². The zero-order valence-electron chi connectivity index (χ0n) is 7.90. The Kier molecular flexibility index (Phi) is 3.67. The summed E-state index contributed by atoms with van der Waals surface area (Å²) in [4.78, 5) is 13.1. The molecule has 0 unspecified atom stereocenters. The van der Waals surface area contributed by atoms with Gasteiger partial charge < -0.3 is 10.4 Å². The first-order chi connectivity index (χ1) is 6.70. The lowest BCUT2D eigenvalue weighted by molar-refractivity contribution is -0.134. The summed E-state index contributed by atoms with van der Waals surface area (Å²) in [6, 6.07) is 8.19. The maximum absolute atomic E-state index is 9.00. The van der Waals surface area contributed by atoms with Crippen LogP contribution in [0.1, 0.15) is 12.5 Å². The lowest BCUT2D eigenvalue weighted by Gasteiger charge is -2.10. The minimum atomic E-state index is -0.833. The molecule has 0 saturated carbocycles. The topological polar surface area (TPSA) is 61.7 Å². The van der Waals surface area contributed by atoms with Gasteiger partial charge in [0, 0.05) is 12.6 Å². The number of aliphatic carboxylic acids is 1. The van der Waals surface area contributed by atoms with E-state index in [1.807, 2.05) is 12.1 Å². The molecule has 0 aliphatic carbocycles. The summed E-state index contributed by atoms with van der Waals surface area (Å²) >= 11 is 0. The van der Waals surface area contributed by atoms with Gasteiger partial charge in [-0.3, -0.25) is 9.79 Å². The smallest absolute Gasteiger partial charge is 0.300 e. The summed E-state index contributed by atoms with van der Waals surface area (Å²) in [5.74, 6) is -0.833. The second-order valence-electron chi connectivity index (χ2n) is 2.79. The molecule has 1 aliphatic heterocycles. The van der Waals surface area contributed by atoms with Gasteiger partial charge in [0.05, 0.1) is 12.9 Å². The van der Waals surface area contributed by atoms with Gasteiger partial charge in [0.25, 0.3) is 5.97 Å². The van der Waals surface area contributed by atoms with Gasteiger partial charge in [0.2, 0.25) is 0 Å². The van der Waals surface area contributed by atoms with E-state index in [2.05, 4.69) is 22.4 Å². The third kappa shape index (κ3) is 3.26. The number of aliphatic imine (C=N–C) groups is 1. The van der Waals surface area contributed by atoms with Crippen LogP contribution in [0.3, 0.4) is 0 Å². The summed E-state index contributed by atoms with van der Waals surface area (Å²) in [6.45, 7) is 1.89. The second kappa shape index (κ2) is 5.01. The van der Waals surface area contributed by atoms with Gasteiger partial charge >= 0.3 is 0 Å². The molecule has 1 aliphatic rings. The number of nitrogens with one attached hydrogen (secondary N) is 1. The van der Waals surface area contributed by atoms with E-state index < -0.39 is 5.97 Å². The van der Waals surface area contributed by atoms with Crippen molar-refractivity contribution in [1.82, 2.24) is 0 Å². The Hall–Kier alpha value is -1.84. The van der Waals surface area contributed by atoms with Crippen LogP contribution >= 0.6 is 0 Å². The van der Waals surface area contributed by atoms with Gasteiger partial charge in [-0.15, -0.1) is 0 Å². The Bertz CT molecular complexity index is 317. The molecule has 74 valence electrons. The molecule has 2 N–H and O–H groups in total. The SMILES string of the molecule is C1=NCc2ccccc2N1.CC(=O)O. The highest BCUT2D eigenvalue weighted by Gasteiger charge is 2.00. The number of anilines is 1. The standard InChI is InChI=1S/C8H8N2.C2H4O2/c1-2-4-8-7(3-1)5-9-6-10-8;1-2(3)4/h1-4,6H,5H2,(H,9,10);1H3,(H,3,4). The van der Waals surface area contributed by atoms with Crippen LogP contribution in [0.5, 0.6) is 0 Å². The predicted molar refractivity (Wildman–Crippen MR) is 55.6 cm³/mol. The molecule has 0 spiro atoms. The Labute approximate surface area is 82.3 Å². The van der Waals surface area contributed by atoms with Gasteiger partial charge in [-0.05, 0) is 11.6 Å². The molecule has 1 aromatic rings. The molecule has 1 heterocycles. The molecule has 2 rings (SSSR count). The molecule has 4 nitrogen and oxygen atoms in total. The van der Waals surface area contributed by atoms with Gasteiger partial charge in [0.1, 0.15) is 0 Å². The predicted octanol–water partition coefficient (Wildman–Crippen LogP) is 1.73. The molecular weight excluding hydrogens is 180 g/mol. The van der Waals surface area contributed by atoms with Crippen LogP contribution in [0, 0.1) is 0 Å². The van der Waals surface area contributed by atoms with Crippen molar-refractivity contribution in [2.45, 2.75) is 13.5 Å². The molecule has 0 bridgehead atoms. The molecule has 0 amide bonds. The summed E-state index contributed by atoms with van der Waals surface area (Å²) in [7, 11) is 0. The third-order valence-corrected chi connectivity index (χ3v) is 1.59. The van der Waals surface area contributed by atoms with Crippen LogP contribution in [-0.4, -0.2) is 17.4 Å². The van der Waals surface area contributed by atoms with Crippen molar-refractivity contribution in [3.8, 4) is 0 Å². The summed E-state index contributed by atoms with van der Waals surface area (Å²) in [5, 5.41) is 10.5. The number of nitrogens with zero attached hydrogens (tertiary/aromatic N) is 1. The number of carboxylic acids is 1. The molecule has 0 radical (unpaired) electrons. The van der Waals surface area contributed by atoms with E-state index in [0.717, 1.165) is 13.5 Å².